The summed E-state index contributed by atoms with van der Waals surface area (Å²) in [7, 11) is 0. The molecule has 5 heteroatoms. The number of esters is 1. The fourth-order valence-electron chi connectivity index (χ4n) is 4.38. The lowest BCUT2D eigenvalue weighted by atomic mass is 10.0. The van der Waals surface area contributed by atoms with E-state index in [-0.39, 0.29) is 0 Å². The summed E-state index contributed by atoms with van der Waals surface area (Å²) in [6, 6.07) is 12.7. The molecule has 0 amide bonds. The van der Waals surface area contributed by atoms with E-state index >= 15 is 0 Å². The lowest BCUT2D eigenvalue weighted by Gasteiger charge is -2.09. The Morgan fingerprint density at radius 2 is 1.35 bits per heavy atom. The Labute approximate surface area is 227 Å². The maximum absolute atomic E-state index is 12.7. The maximum Gasteiger partial charge on any atom is 0.343 e. The van der Waals surface area contributed by atoms with Crippen molar-refractivity contribution in [1.82, 2.24) is 9.97 Å². The SMILES string of the molecule is CCCCCCCCc1cnc(-c2ccc(OC(=O)c3ccc(CCCCCCC)c(Cl)c3)cc2)nc1. The summed E-state index contributed by atoms with van der Waals surface area (Å²) in [6.07, 6.45) is 19.6. The minimum Gasteiger partial charge on any atom is -0.423 e. The molecule has 0 fully saturated rings. The number of carbonyl (C=O) groups excluding carboxylic acids is 1. The molecule has 3 aromatic rings. The van der Waals surface area contributed by atoms with Crippen molar-refractivity contribution in [1.29, 1.82) is 0 Å². The lowest BCUT2D eigenvalue weighted by Crippen LogP contribution is -2.08. The van der Waals surface area contributed by atoms with E-state index in [2.05, 4.69) is 23.8 Å². The number of hydrogen-bond acceptors (Lipinski definition) is 4. The molecule has 0 radical (unpaired) electrons. The number of aromatic nitrogens is 2. The van der Waals surface area contributed by atoms with E-state index in [4.69, 9.17) is 16.3 Å². The summed E-state index contributed by atoms with van der Waals surface area (Å²) in [5.74, 6) is 0.727. The fraction of sp³-hybridized carbons (Fsp3) is 0.469. The van der Waals surface area contributed by atoms with Crippen molar-refractivity contribution in [3.8, 4) is 17.1 Å². The molecule has 0 aliphatic heterocycles. The van der Waals surface area contributed by atoms with E-state index in [9.17, 15) is 4.79 Å². The van der Waals surface area contributed by atoms with Crippen LogP contribution < -0.4 is 4.74 Å². The molecule has 198 valence electrons. The van der Waals surface area contributed by atoms with Gasteiger partial charge in [-0.25, -0.2) is 14.8 Å². The number of nitrogens with zero attached hydrogens (tertiary/aromatic N) is 2. The predicted octanol–water partition coefficient (Wildman–Crippen LogP) is 9.43. The molecule has 4 nitrogen and oxygen atoms in total. The van der Waals surface area contributed by atoms with Crippen LogP contribution in [0.3, 0.4) is 0 Å². The van der Waals surface area contributed by atoms with Crippen LogP contribution in [0.15, 0.2) is 54.9 Å². The van der Waals surface area contributed by atoms with Crippen LogP contribution in [-0.4, -0.2) is 15.9 Å². The average Bonchev–Trinajstić information content (AvgIpc) is 2.92. The second-order valence-corrected chi connectivity index (χ2v) is 10.2. The minimum absolute atomic E-state index is 0.417. The molecule has 37 heavy (non-hydrogen) atoms. The highest BCUT2D eigenvalue weighted by molar-refractivity contribution is 6.31. The summed E-state index contributed by atoms with van der Waals surface area (Å²) in [5.41, 5.74) is 3.59. The molecule has 0 aliphatic carbocycles. The summed E-state index contributed by atoms with van der Waals surface area (Å²) < 4.78 is 5.57. The Hall–Kier alpha value is -2.72. The molecule has 0 saturated heterocycles. The van der Waals surface area contributed by atoms with Gasteiger partial charge in [-0.3, -0.25) is 0 Å². The van der Waals surface area contributed by atoms with Gasteiger partial charge >= 0.3 is 5.97 Å². The topological polar surface area (TPSA) is 52.1 Å². The number of unbranched alkanes of at least 4 members (excludes halogenated alkanes) is 9. The molecular formula is C32H41ClN2O2. The third-order valence-corrected chi connectivity index (χ3v) is 7.04. The monoisotopic (exact) mass is 520 g/mol. The number of hydrogen-bond donors (Lipinski definition) is 0. The largest absolute Gasteiger partial charge is 0.423 e. The molecule has 0 saturated carbocycles. The molecule has 3 rings (SSSR count). The molecule has 1 aromatic heterocycles. The normalized spacial score (nSPS) is 11.0. The molecule has 0 bridgehead atoms. The van der Waals surface area contributed by atoms with Crippen LogP contribution in [0.5, 0.6) is 5.75 Å². The van der Waals surface area contributed by atoms with Crippen LogP contribution in [-0.2, 0) is 12.8 Å². The van der Waals surface area contributed by atoms with Crippen LogP contribution in [0.4, 0.5) is 0 Å². The van der Waals surface area contributed by atoms with Crippen LogP contribution in [0.2, 0.25) is 5.02 Å². The Kier molecular flexibility index (Phi) is 12.6. The van der Waals surface area contributed by atoms with Crippen molar-refractivity contribution < 1.29 is 9.53 Å². The van der Waals surface area contributed by atoms with Gasteiger partial charge in [0.25, 0.3) is 0 Å². The molecule has 0 spiro atoms. The number of halogens is 1. The van der Waals surface area contributed by atoms with Crippen molar-refractivity contribution >= 4 is 17.6 Å². The molecule has 0 N–H and O–H groups in total. The minimum atomic E-state index is -0.417. The standard InChI is InChI=1S/C32H41ClN2O2/c1-3-5-7-9-11-12-14-25-23-34-31(35-24-25)27-18-20-29(21-19-27)37-32(36)28-17-16-26(30(33)22-28)15-13-10-8-6-4-2/h16-24H,3-15H2,1-2H3. The third kappa shape index (κ3) is 9.92. The average molecular weight is 521 g/mol. The van der Waals surface area contributed by atoms with Gasteiger partial charge in [-0.1, -0.05) is 89.3 Å². The van der Waals surface area contributed by atoms with E-state index in [1.807, 2.05) is 30.6 Å². The van der Waals surface area contributed by atoms with Crippen molar-refractivity contribution in [3.05, 3.63) is 76.6 Å². The third-order valence-electron chi connectivity index (χ3n) is 6.69. The van der Waals surface area contributed by atoms with E-state index in [1.165, 1.54) is 69.8 Å². The van der Waals surface area contributed by atoms with E-state index in [0.29, 0.717) is 22.2 Å². The number of benzene rings is 2. The smallest absolute Gasteiger partial charge is 0.343 e. The van der Waals surface area contributed by atoms with E-state index in [1.54, 1.807) is 24.3 Å². The molecule has 1 heterocycles. The second kappa shape index (κ2) is 16.2. The van der Waals surface area contributed by atoms with Gasteiger partial charge in [0.2, 0.25) is 0 Å². The predicted molar refractivity (Wildman–Crippen MR) is 153 cm³/mol. The molecule has 0 unspecified atom stereocenters. The lowest BCUT2D eigenvalue weighted by molar-refractivity contribution is 0.0734. The van der Waals surface area contributed by atoms with Crippen molar-refractivity contribution in [2.75, 3.05) is 0 Å². The van der Waals surface area contributed by atoms with Gasteiger partial charge in [0.15, 0.2) is 5.82 Å². The Balaban J connectivity index is 1.48. The second-order valence-electron chi connectivity index (χ2n) is 9.82. The van der Waals surface area contributed by atoms with Gasteiger partial charge in [-0.15, -0.1) is 0 Å². The Morgan fingerprint density at radius 3 is 1.97 bits per heavy atom. The first-order valence-corrected chi connectivity index (χ1v) is 14.4. The number of rotatable bonds is 16. The Morgan fingerprint density at radius 1 is 0.757 bits per heavy atom. The summed E-state index contributed by atoms with van der Waals surface area (Å²) in [5, 5.41) is 0.623. The zero-order valence-corrected chi connectivity index (χ0v) is 23.2. The highest BCUT2D eigenvalue weighted by Gasteiger charge is 2.12. The summed E-state index contributed by atoms with van der Waals surface area (Å²) in [6.45, 7) is 4.46. The first-order chi connectivity index (χ1) is 18.1. The molecular weight excluding hydrogens is 480 g/mol. The van der Waals surface area contributed by atoms with Gasteiger partial charge < -0.3 is 4.74 Å². The molecule has 2 aromatic carbocycles. The first kappa shape index (κ1) is 28.8. The maximum atomic E-state index is 12.7. The molecule has 0 aliphatic rings. The molecule has 0 atom stereocenters. The van der Waals surface area contributed by atoms with Gasteiger partial charge in [0.1, 0.15) is 5.75 Å². The summed E-state index contributed by atoms with van der Waals surface area (Å²) in [4.78, 5) is 21.7. The van der Waals surface area contributed by atoms with Crippen LogP contribution in [0.25, 0.3) is 11.4 Å². The van der Waals surface area contributed by atoms with Crippen LogP contribution in [0, 0.1) is 0 Å². The van der Waals surface area contributed by atoms with Crippen molar-refractivity contribution in [2.24, 2.45) is 0 Å². The van der Waals surface area contributed by atoms with Gasteiger partial charge in [0.05, 0.1) is 5.56 Å². The first-order valence-electron chi connectivity index (χ1n) is 14.0. The zero-order chi connectivity index (χ0) is 26.3. The number of ether oxygens (including phenoxy) is 1. The van der Waals surface area contributed by atoms with Gasteiger partial charge in [-0.05, 0) is 73.2 Å². The van der Waals surface area contributed by atoms with E-state index < -0.39 is 5.97 Å². The van der Waals surface area contributed by atoms with Gasteiger partial charge in [0, 0.05) is 23.0 Å². The van der Waals surface area contributed by atoms with E-state index in [0.717, 1.165) is 30.4 Å². The zero-order valence-electron chi connectivity index (χ0n) is 22.5. The number of aryl methyl sites for hydroxylation is 2. The van der Waals surface area contributed by atoms with Crippen molar-refractivity contribution in [3.63, 3.8) is 0 Å². The van der Waals surface area contributed by atoms with Crippen LogP contribution >= 0.6 is 11.6 Å². The highest BCUT2D eigenvalue weighted by atomic mass is 35.5. The quantitative estimate of drug-likeness (QED) is 0.107. The summed E-state index contributed by atoms with van der Waals surface area (Å²) >= 11 is 6.45. The Bertz CT molecular complexity index is 1080. The van der Waals surface area contributed by atoms with Gasteiger partial charge in [-0.2, -0.15) is 0 Å². The highest BCUT2D eigenvalue weighted by Crippen LogP contribution is 2.23. The fourth-order valence-corrected chi connectivity index (χ4v) is 4.65. The number of carbonyl (C=O) groups is 1. The van der Waals surface area contributed by atoms with Crippen LogP contribution in [0.1, 0.15) is 106 Å². The van der Waals surface area contributed by atoms with Crippen molar-refractivity contribution in [2.45, 2.75) is 97.3 Å².